The van der Waals surface area contributed by atoms with E-state index in [1.165, 1.54) is 0 Å². The molecule has 1 aromatic carbocycles. The largest absolute Gasteiger partial charge is 0.481 e. The Kier molecular flexibility index (Phi) is 6.40. The van der Waals surface area contributed by atoms with Crippen LogP contribution in [0, 0.1) is 5.92 Å². The molecule has 6 nitrogen and oxygen atoms in total. The van der Waals surface area contributed by atoms with Crippen LogP contribution in [0.15, 0.2) is 30.3 Å². The van der Waals surface area contributed by atoms with Gasteiger partial charge in [-0.25, -0.2) is 4.79 Å². The first kappa shape index (κ1) is 17.3. The number of hydrogen-bond donors (Lipinski definition) is 3. The molecule has 0 radical (unpaired) electrons. The minimum absolute atomic E-state index is 0.0320. The molecule has 1 atom stereocenters. The van der Waals surface area contributed by atoms with Crippen molar-refractivity contribution in [2.45, 2.75) is 37.8 Å². The van der Waals surface area contributed by atoms with Crippen molar-refractivity contribution in [3.05, 3.63) is 35.9 Å². The molecule has 2 rings (SSSR count). The molecule has 1 unspecified atom stereocenters. The topological polar surface area (TPSA) is 87.7 Å². The average molecular weight is 320 g/mol. The summed E-state index contributed by atoms with van der Waals surface area (Å²) in [5, 5.41) is 14.9. The number of methoxy groups -OCH3 is 1. The summed E-state index contributed by atoms with van der Waals surface area (Å²) in [5.41, 5.74) is 0.985. The number of hydrogen-bond acceptors (Lipinski definition) is 3. The Morgan fingerprint density at radius 3 is 2.43 bits per heavy atom. The summed E-state index contributed by atoms with van der Waals surface area (Å²) in [6.07, 6.45) is 2.62. The fourth-order valence-electron chi connectivity index (χ4n) is 2.94. The molecule has 6 heteroatoms. The van der Waals surface area contributed by atoms with Crippen LogP contribution in [0.4, 0.5) is 4.79 Å². The van der Waals surface area contributed by atoms with E-state index in [4.69, 9.17) is 9.84 Å². The third kappa shape index (κ3) is 5.25. The Hall–Kier alpha value is -2.08. The van der Waals surface area contributed by atoms with Gasteiger partial charge in [0, 0.05) is 13.2 Å². The zero-order chi connectivity index (χ0) is 16.7. The summed E-state index contributed by atoms with van der Waals surface area (Å²) in [6, 6.07) is 9.24. The van der Waals surface area contributed by atoms with Crippen molar-refractivity contribution in [2.24, 2.45) is 5.92 Å². The first-order valence-corrected chi connectivity index (χ1v) is 7.94. The third-order valence-electron chi connectivity index (χ3n) is 4.25. The van der Waals surface area contributed by atoms with Crippen molar-refractivity contribution in [3.63, 3.8) is 0 Å². The summed E-state index contributed by atoms with van der Waals surface area (Å²) >= 11 is 0. The van der Waals surface area contributed by atoms with Gasteiger partial charge >= 0.3 is 12.0 Å². The van der Waals surface area contributed by atoms with E-state index >= 15 is 0 Å². The summed E-state index contributed by atoms with van der Waals surface area (Å²) in [6.45, 7) is 0.392. The van der Waals surface area contributed by atoms with Gasteiger partial charge in [-0.05, 0) is 31.2 Å². The van der Waals surface area contributed by atoms with Gasteiger partial charge in [0.1, 0.15) is 0 Å². The monoisotopic (exact) mass is 320 g/mol. The molecule has 0 spiro atoms. The van der Waals surface area contributed by atoms with E-state index in [1.807, 2.05) is 30.3 Å². The molecular formula is C17H24N2O4. The standard InChI is InChI=1S/C17H24N2O4/c1-23-11-15(12-5-3-2-4-6-12)19-17(22)18-14-9-7-13(8-10-14)16(20)21/h2-6,13-15H,7-11H2,1H3,(H,20,21)(H2,18,19,22). The fraction of sp³-hybridized carbons (Fsp3) is 0.529. The van der Waals surface area contributed by atoms with Crippen LogP contribution in [0.2, 0.25) is 0 Å². The number of ether oxygens (including phenoxy) is 1. The molecule has 1 aliphatic rings. The van der Waals surface area contributed by atoms with Crippen molar-refractivity contribution in [1.29, 1.82) is 0 Å². The Morgan fingerprint density at radius 2 is 1.87 bits per heavy atom. The van der Waals surface area contributed by atoms with Crippen molar-refractivity contribution in [2.75, 3.05) is 13.7 Å². The molecule has 2 amide bonds. The number of urea groups is 1. The van der Waals surface area contributed by atoms with E-state index in [0.29, 0.717) is 32.3 Å². The average Bonchev–Trinajstić information content (AvgIpc) is 2.55. The summed E-state index contributed by atoms with van der Waals surface area (Å²) < 4.78 is 5.18. The zero-order valence-corrected chi connectivity index (χ0v) is 13.3. The molecule has 1 aliphatic carbocycles. The number of nitrogens with one attached hydrogen (secondary N) is 2. The summed E-state index contributed by atoms with van der Waals surface area (Å²) in [7, 11) is 1.60. The molecule has 1 fully saturated rings. The molecule has 126 valence electrons. The molecule has 0 aromatic heterocycles. The van der Waals surface area contributed by atoms with Gasteiger partial charge in [0.25, 0.3) is 0 Å². The van der Waals surface area contributed by atoms with Gasteiger partial charge < -0.3 is 20.5 Å². The van der Waals surface area contributed by atoms with E-state index in [1.54, 1.807) is 7.11 Å². The van der Waals surface area contributed by atoms with Gasteiger partial charge in [0.15, 0.2) is 0 Å². The highest BCUT2D eigenvalue weighted by Crippen LogP contribution is 2.24. The SMILES string of the molecule is COCC(NC(=O)NC1CCC(C(=O)O)CC1)c1ccccc1. The van der Waals surface area contributed by atoms with Gasteiger partial charge in [-0.15, -0.1) is 0 Å². The number of benzene rings is 1. The van der Waals surface area contributed by atoms with Crippen molar-refractivity contribution < 1.29 is 19.4 Å². The van der Waals surface area contributed by atoms with Gasteiger partial charge in [-0.3, -0.25) is 4.79 Å². The number of rotatable bonds is 6. The van der Waals surface area contributed by atoms with E-state index in [0.717, 1.165) is 5.56 Å². The number of carbonyl (C=O) groups excluding carboxylic acids is 1. The first-order valence-electron chi connectivity index (χ1n) is 7.94. The summed E-state index contributed by atoms with van der Waals surface area (Å²) in [4.78, 5) is 23.1. The van der Waals surface area contributed by atoms with Crippen LogP contribution in [-0.4, -0.2) is 36.9 Å². The van der Waals surface area contributed by atoms with Crippen molar-refractivity contribution >= 4 is 12.0 Å². The van der Waals surface area contributed by atoms with Crippen LogP contribution < -0.4 is 10.6 Å². The maximum absolute atomic E-state index is 12.2. The lowest BCUT2D eigenvalue weighted by atomic mass is 9.86. The fourth-order valence-corrected chi connectivity index (χ4v) is 2.94. The second-order valence-electron chi connectivity index (χ2n) is 5.92. The van der Waals surface area contributed by atoms with E-state index in [2.05, 4.69) is 10.6 Å². The maximum atomic E-state index is 12.2. The predicted octanol–water partition coefficient (Wildman–Crippen LogP) is 2.32. The van der Waals surface area contributed by atoms with Crippen molar-refractivity contribution in [3.8, 4) is 0 Å². The van der Waals surface area contributed by atoms with Crippen LogP contribution in [-0.2, 0) is 9.53 Å². The van der Waals surface area contributed by atoms with Gasteiger partial charge in [0.2, 0.25) is 0 Å². The molecule has 0 heterocycles. The second-order valence-corrected chi connectivity index (χ2v) is 5.92. The van der Waals surface area contributed by atoms with Crippen LogP contribution in [0.3, 0.4) is 0 Å². The molecule has 1 aromatic rings. The lowest BCUT2D eigenvalue weighted by Gasteiger charge is -2.28. The van der Waals surface area contributed by atoms with Crippen molar-refractivity contribution in [1.82, 2.24) is 10.6 Å². The maximum Gasteiger partial charge on any atom is 0.315 e. The molecule has 1 saturated carbocycles. The van der Waals surface area contributed by atoms with E-state index in [9.17, 15) is 9.59 Å². The van der Waals surface area contributed by atoms with Gasteiger partial charge in [-0.1, -0.05) is 30.3 Å². The Labute approximate surface area is 136 Å². The minimum Gasteiger partial charge on any atom is -0.481 e. The Morgan fingerprint density at radius 1 is 1.22 bits per heavy atom. The quantitative estimate of drug-likeness (QED) is 0.750. The number of carboxylic acid groups (broad SMARTS) is 1. The number of carboxylic acids is 1. The summed E-state index contributed by atoms with van der Waals surface area (Å²) in [5.74, 6) is -1.01. The zero-order valence-electron chi connectivity index (χ0n) is 13.3. The van der Waals surface area contributed by atoms with Gasteiger partial charge in [-0.2, -0.15) is 0 Å². The second kappa shape index (κ2) is 8.53. The molecule has 0 bridgehead atoms. The molecular weight excluding hydrogens is 296 g/mol. The lowest BCUT2D eigenvalue weighted by Crippen LogP contribution is -2.46. The molecule has 23 heavy (non-hydrogen) atoms. The normalized spacial score (nSPS) is 22.1. The van der Waals surface area contributed by atoms with Gasteiger partial charge in [0.05, 0.1) is 18.6 Å². The van der Waals surface area contributed by atoms with Crippen LogP contribution in [0.1, 0.15) is 37.3 Å². The third-order valence-corrected chi connectivity index (χ3v) is 4.25. The number of aliphatic carboxylic acids is 1. The molecule has 0 saturated heterocycles. The number of amides is 2. The van der Waals surface area contributed by atoms with E-state index in [-0.39, 0.29) is 24.0 Å². The first-order chi connectivity index (χ1) is 11.1. The smallest absolute Gasteiger partial charge is 0.315 e. The Bertz CT molecular complexity index is 513. The lowest BCUT2D eigenvalue weighted by molar-refractivity contribution is -0.142. The highest BCUT2D eigenvalue weighted by Gasteiger charge is 2.27. The number of carbonyl (C=O) groups is 2. The van der Waals surface area contributed by atoms with E-state index < -0.39 is 5.97 Å². The van der Waals surface area contributed by atoms with Crippen LogP contribution in [0.25, 0.3) is 0 Å². The highest BCUT2D eigenvalue weighted by molar-refractivity contribution is 5.75. The Balaban J connectivity index is 1.84. The highest BCUT2D eigenvalue weighted by atomic mass is 16.5. The minimum atomic E-state index is -0.739. The van der Waals surface area contributed by atoms with Crippen LogP contribution in [0.5, 0.6) is 0 Å². The van der Waals surface area contributed by atoms with Crippen LogP contribution >= 0.6 is 0 Å². The predicted molar refractivity (Wildman–Crippen MR) is 86.1 cm³/mol. The molecule has 0 aliphatic heterocycles. The molecule has 3 N–H and O–H groups in total.